The average Bonchev–Trinajstić information content (AvgIpc) is 2.41. The number of nitrogens with two attached hydrogens (primary N) is 1. The second-order valence-electron chi connectivity index (χ2n) is 5.69. The number of nitrogens with zero attached hydrogens (tertiary/aromatic N) is 1. The van der Waals surface area contributed by atoms with Crippen molar-refractivity contribution in [2.45, 2.75) is 66.4 Å². The van der Waals surface area contributed by atoms with Crippen molar-refractivity contribution >= 4 is 6.09 Å². The number of piperidine rings is 1. The summed E-state index contributed by atoms with van der Waals surface area (Å²) in [5.41, 5.74) is 5.74. The maximum absolute atomic E-state index is 11.5. The first kappa shape index (κ1) is 21.3. The van der Waals surface area contributed by atoms with Crippen LogP contribution in [-0.2, 0) is 4.74 Å². The van der Waals surface area contributed by atoms with Crippen molar-refractivity contribution in [3.63, 3.8) is 0 Å². The molecule has 4 nitrogen and oxygen atoms in total. The molecule has 2 N–H and O–H groups in total. The minimum atomic E-state index is -0.367. The minimum Gasteiger partial charge on any atom is -0.444 e. The van der Waals surface area contributed by atoms with Crippen LogP contribution in [0.4, 0.5) is 4.79 Å². The molecule has 0 radical (unpaired) electrons. The molecule has 1 fully saturated rings. The molecule has 1 saturated heterocycles. The van der Waals surface area contributed by atoms with Crippen LogP contribution in [0.5, 0.6) is 0 Å². The number of ether oxygens (including phenoxy) is 1. The van der Waals surface area contributed by atoms with Crippen molar-refractivity contribution in [3.05, 3.63) is 12.2 Å². The predicted molar refractivity (Wildman–Crippen MR) is 86.9 cm³/mol. The molecule has 0 aromatic heterocycles. The van der Waals surface area contributed by atoms with Gasteiger partial charge >= 0.3 is 6.09 Å². The van der Waals surface area contributed by atoms with Crippen LogP contribution >= 0.6 is 0 Å². The summed E-state index contributed by atoms with van der Waals surface area (Å²) in [7, 11) is 0. The second-order valence-corrected chi connectivity index (χ2v) is 5.69. The first-order valence-electron chi connectivity index (χ1n) is 7.58. The SMILES string of the molecule is C=C(C)CN.CC.CC(C)(C)OC(=O)N1CCCCC1. The molecule has 1 aliphatic rings. The molecule has 0 saturated carbocycles. The standard InChI is InChI=1S/C10H19NO2.C4H9N.C2H6/c1-10(2,3)13-9(12)11-7-5-4-6-8-11;1-4(2)3-5;1-2/h4-8H2,1-3H3;1,3,5H2,2H3;1-2H3. The van der Waals surface area contributed by atoms with Crippen LogP contribution in [-0.4, -0.2) is 36.2 Å². The summed E-state index contributed by atoms with van der Waals surface area (Å²) < 4.78 is 5.26. The van der Waals surface area contributed by atoms with Crippen LogP contribution in [0.15, 0.2) is 12.2 Å². The highest BCUT2D eigenvalue weighted by atomic mass is 16.6. The number of hydrogen-bond acceptors (Lipinski definition) is 3. The van der Waals surface area contributed by atoms with E-state index >= 15 is 0 Å². The van der Waals surface area contributed by atoms with Gasteiger partial charge in [0.25, 0.3) is 0 Å². The van der Waals surface area contributed by atoms with Gasteiger partial charge in [-0.2, -0.15) is 0 Å². The van der Waals surface area contributed by atoms with Crippen LogP contribution < -0.4 is 5.73 Å². The van der Waals surface area contributed by atoms with Crippen molar-refractivity contribution in [2.75, 3.05) is 19.6 Å². The summed E-state index contributed by atoms with van der Waals surface area (Å²) in [6.45, 7) is 17.5. The van der Waals surface area contributed by atoms with Gasteiger partial charge in [0, 0.05) is 19.6 Å². The van der Waals surface area contributed by atoms with E-state index in [0.717, 1.165) is 31.5 Å². The molecule has 1 heterocycles. The maximum Gasteiger partial charge on any atom is 0.410 e. The lowest BCUT2D eigenvalue weighted by atomic mass is 10.1. The Kier molecular flexibility index (Phi) is 12.5. The highest BCUT2D eigenvalue weighted by molar-refractivity contribution is 5.68. The van der Waals surface area contributed by atoms with Gasteiger partial charge in [-0.3, -0.25) is 0 Å². The normalized spacial score (nSPS) is 14.2. The summed E-state index contributed by atoms with van der Waals surface area (Å²) in [6.07, 6.45) is 3.30. The lowest BCUT2D eigenvalue weighted by Crippen LogP contribution is -2.39. The minimum absolute atomic E-state index is 0.160. The van der Waals surface area contributed by atoms with E-state index in [1.165, 1.54) is 6.42 Å². The third-order valence-corrected chi connectivity index (χ3v) is 2.36. The molecule has 1 amide bonds. The van der Waals surface area contributed by atoms with Gasteiger partial charge < -0.3 is 15.4 Å². The first-order valence-corrected chi connectivity index (χ1v) is 7.58. The molecule has 4 heteroatoms. The van der Waals surface area contributed by atoms with Gasteiger partial charge in [-0.25, -0.2) is 4.79 Å². The molecule has 0 unspecified atom stereocenters. The van der Waals surface area contributed by atoms with Gasteiger partial charge in [-0.15, -0.1) is 0 Å². The second kappa shape index (κ2) is 11.8. The van der Waals surface area contributed by atoms with Crippen LogP contribution in [0.25, 0.3) is 0 Å². The molecule has 20 heavy (non-hydrogen) atoms. The Labute approximate surface area is 125 Å². The molecule has 1 aliphatic heterocycles. The van der Waals surface area contributed by atoms with E-state index in [4.69, 9.17) is 10.5 Å². The van der Waals surface area contributed by atoms with E-state index in [0.29, 0.717) is 6.54 Å². The zero-order valence-corrected chi connectivity index (χ0v) is 14.3. The van der Waals surface area contributed by atoms with Gasteiger partial charge in [-0.1, -0.05) is 26.0 Å². The molecule has 0 aliphatic carbocycles. The Balaban J connectivity index is 0. The highest BCUT2D eigenvalue weighted by Gasteiger charge is 2.22. The number of carbonyl (C=O) groups excluding carboxylic acids is 1. The highest BCUT2D eigenvalue weighted by Crippen LogP contribution is 2.14. The van der Waals surface area contributed by atoms with E-state index in [-0.39, 0.29) is 11.7 Å². The number of carbonyl (C=O) groups is 1. The lowest BCUT2D eigenvalue weighted by molar-refractivity contribution is 0.0216. The molecule has 0 aromatic rings. The van der Waals surface area contributed by atoms with Crippen LogP contribution in [0.1, 0.15) is 60.8 Å². The van der Waals surface area contributed by atoms with Crippen molar-refractivity contribution in [1.29, 1.82) is 0 Å². The van der Waals surface area contributed by atoms with Gasteiger partial charge in [0.15, 0.2) is 0 Å². The quantitative estimate of drug-likeness (QED) is 0.742. The van der Waals surface area contributed by atoms with E-state index in [2.05, 4.69) is 6.58 Å². The fourth-order valence-electron chi connectivity index (χ4n) is 1.40. The smallest absolute Gasteiger partial charge is 0.410 e. The average molecular weight is 286 g/mol. The largest absolute Gasteiger partial charge is 0.444 e. The Morgan fingerprint density at radius 2 is 1.60 bits per heavy atom. The topological polar surface area (TPSA) is 55.6 Å². The maximum atomic E-state index is 11.5. The molecule has 0 aromatic carbocycles. The predicted octanol–water partition coefficient (Wildman–Crippen LogP) is 3.95. The fourth-order valence-corrected chi connectivity index (χ4v) is 1.40. The molecule has 120 valence electrons. The molecule has 1 rings (SSSR count). The number of likely N-dealkylation sites (tertiary alicyclic amines) is 1. The third-order valence-electron chi connectivity index (χ3n) is 2.36. The number of amides is 1. The molecule has 0 atom stereocenters. The zero-order valence-electron chi connectivity index (χ0n) is 14.3. The fraction of sp³-hybridized carbons (Fsp3) is 0.812. The molecular formula is C16H34N2O2. The molecular weight excluding hydrogens is 252 g/mol. The first-order chi connectivity index (χ1) is 9.26. The Morgan fingerprint density at radius 3 is 1.90 bits per heavy atom. The number of rotatable bonds is 1. The van der Waals surface area contributed by atoms with Crippen LogP contribution in [0.3, 0.4) is 0 Å². The number of hydrogen-bond donors (Lipinski definition) is 1. The van der Waals surface area contributed by atoms with E-state index in [1.807, 2.05) is 41.5 Å². The monoisotopic (exact) mass is 286 g/mol. The summed E-state index contributed by atoms with van der Waals surface area (Å²) in [5.74, 6) is 0. The third kappa shape index (κ3) is 13.4. The van der Waals surface area contributed by atoms with E-state index in [9.17, 15) is 4.79 Å². The summed E-state index contributed by atoms with van der Waals surface area (Å²) >= 11 is 0. The van der Waals surface area contributed by atoms with Gasteiger partial charge in [0.2, 0.25) is 0 Å². The van der Waals surface area contributed by atoms with E-state index in [1.54, 1.807) is 4.90 Å². The van der Waals surface area contributed by atoms with Gasteiger partial charge in [0.05, 0.1) is 0 Å². The van der Waals surface area contributed by atoms with Crippen molar-refractivity contribution in [2.24, 2.45) is 5.73 Å². The Hall–Kier alpha value is -1.03. The molecule has 0 spiro atoms. The summed E-state index contributed by atoms with van der Waals surface area (Å²) in [5, 5.41) is 0. The zero-order chi connectivity index (χ0) is 16.2. The summed E-state index contributed by atoms with van der Waals surface area (Å²) in [4.78, 5) is 13.3. The lowest BCUT2D eigenvalue weighted by Gasteiger charge is -2.29. The van der Waals surface area contributed by atoms with Crippen molar-refractivity contribution in [1.82, 2.24) is 4.90 Å². The van der Waals surface area contributed by atoms with Crippen LogP contribution in [0.2, 0.25) is 0 Å². The Bertz CT molecular complexity index is 264. The molecule has 0 bridgehead atoms. The van der Waals surface area contributed by atoms with Crippen molar-refractivity contribution in [3.8, 4) is 0 Å². The van der Waals surface area contributed by atoms with Gasteiger partial charge in [0.1, 0.15) is 5.60 Å². The van der Waals surface area contributed by atoms with Gasteiger partial charge in [-0.05, 0) is 47.0 Å². The summed E-state index contributed by atoms with van der Waals surface area (Å²) in [6, 6.07) is 0. The van der Waals surface area contributed by atoms with Crippen molar-refractivity contribution < 1.29 is 9.53 Å². The van der Waals surface area contributed by atoms with Crippen LogP contribution in [0, 0.1) is 0 Å². The Morgan fingerprint density at radius 1 is 1.20 bits per heavy atom. The van der Waals surface area contributed by atoms with E-state index < -0.39 is 0 Å².